The van der Waals surface area contributed by atoms with Crippen molar-refractivity contribution in [2.45, 2.75) is 12.1 Å². The highest BCUT2D eigenvalue weighted by molar-refractivity contribution is 6.36. The number of imide groups is 1. The van der Waals surface area contributed by atoms with Crippen LogP contribution < -0.4 is 14.7 Å². The summed E-state index contributed by atoms with van der Waals surface area (Å²) < 4.78 is 5.48. The Morgan fingerprint density at radius 3 is 2.29 bits per heavy atom. The Balaban J connectivity index is 1.37. The maximum Gasteiger partial charge on any atom is 0.343 e. The SMILES string of the molecule is O=C(Oc1ccc([C@H]2[C@@H]3C(=O)N(c4ccccc4Cl)C(=O)[C@H]3ON2c2cccc([N+](=O)[O-])c2)cc1)c1ccccc1. The summed E-state index contributed by atoms with van der Waals surface area (Å²) in [7, 11) is 0. The molecule has 41 heavy (non-hydrogen) atoms. The predicted octanol–water partition coefficient (Wildman–Crippen LogP) is 5.52. The Kier molecular flexibility index (Phi) is 6.70. The molecule has 2 saturated heterocycles. The summed E-state index contributed by atoms with van der Waals surface area (Å²) in [6, 6.07) is 26.4. The van der Waals surface area contributed by atoms with Crippen LogP contribution in [0.15, 0.2) is 103 Å². The van der Waals surface area contributed by atoms with Crippen LogP contribution in [0.1, 0.15) is 22.0 Å². The third-order valence-corrected chi connectivity index (χ3v) is 7.27. The maximum absolute atomic E-state index is 13.8. The zero-order valence-corrected chi connectivity index (χ0v) is 21.9. The minimum Gasteiger partial charge on any atom is -0.423 e. The average Bonchev–Trinajstić information content (AvgIpc) is 3.50. The fraction of sp³-hybridized carbons (Fsp3) is 0.100. The van der Waals surface area contributed by atoms with Gasteiger partial charge in [0.25, 0.3) is 11.6 Å². The van der Waals surface area contributed by atoms with Crippen molar-refractivity contribution in [3.63, 3.8) is 0 Å². The predicted molar refractivity (Wildman–Crippen MR) is 148 cm³/mol. The van der Waals surface area contributed by atoms with Crippen LogP contribution in [0.3, 0.4) is 0 Å². The van der Waals surface area contributed by atoms with Crippen molar-refractivity contribution in [1.82, 2.24) is 0 Å². The van der Waals surface area contributed by atoms with Crippen molar-refractivity contribution in [1.29, 1.82) is 0 Å². The normalized spacial score (nSPS) is 19.8. The van der Waals surface area contributed by atoms with E-state index in [1.807, 2.05) is 0 Å². The second-order valence-electron chi connectivity index (χ2n) is 9.39. The van der Waals surface area contributed by atoms with Crippen LogP contribution in [0.4, 0.5) is 17.1 Å². The van der Waals surface area contributed by atoms with E-state index >= 15 is 0 Å². The molecule has 2 fully saturated rings. The number of carbonyl (C=O) groups is 3. The highest BCUT2D eigenvalue weighted by Crippen LogP contribution is 2.48. The number of hydrogen-bond acceptors (Lipinski definition) is 8. The number of halogens is 1. The quantitative estimate of drug-likeness (QED) is 0.0979. The third kappa shape index (κ3) is 4.69. The zero-order valence-electron chi connectivity index (χ0n) is 21.1. The highest BCUT2D eigenvalue weighted by Gasteiger charge is 2.60. The molecule has 4 aromatic rings. The largest absolute Gasteiger partial charge is 0.423 e. The van der Waals surface area contributed by atoms with Gasteiger partial charge in [-0.2, -0.15) is 0 Å². The standard InChI is InChI=1S/C30H20ClN3O7/c31-23-11-4-5-12-24(23)32-28(35)25-26(18-13-15-22(16-14-18)40-30(37)19-7-2-1-3-8-19)33(41-27(25)29(32)36)20-9-6-10-21(17-20)34(38)39/h1-17,25-27H/t25-,26-,27-/m0/s1. The Hall–Kier alpha value is -5.06. The van der Waals surface area contributed by atoms with E-state index < -0.39 is 40.8 Å². The van der Waals surface area contributed by atoms with E-state index in [9.17, 15) is 24.5 Å². The first-order valence-electron chi connectivity index (χ1n) is 12.5. The number of anilines is 2. The van der Waals surface area contributed by atoms with Gasteiger partial charge in [-0.25, -0.2) is 14.8 Å². The van der Waals surface area contributed by atoms with Crippen LogP contribution in [0, 0.1) is 16.0 Å². The van der Waals surface area contributed by atoms with Crippen LogP contribution >= 0.6 is 11.6 Å². The molecule has 0 radical (unpaired) electrons. The Labute approximate surface area is 238 Å². The van der Waals surface area contributed by atoms with Crippen LogP contribution in [0.25, 0.3) is 0 Å². The Bertz CT molecular complexity index is 1680. The molecule has 0 N–H and O–H groups in total. The lowest BCUT2D eigenvalue weighted by molar-refractivity contribution is -0.384. The van der Waals surface area contributed by atoms with E-state index in [4.69, 9.17) is 21.2 Å². The topological polar surface area (TPSA) is 119 Å². The van der Waals surface area contributed by atoms with Crippen molar-refractivity contribution < 1.29 is 28.9 Å². The molecule has 0 aromatic heterocycles. The molecule has 4 aromatic carbocycles. The third-order valence-electron chi connectivity index (χ3n) is 6.95. The molecule has 0 aliphatic carbocycles. The number of fused-ring (bicyclic) bond motifs is 1. The van der Waals surface area contributed by atoms with E-state index in [0.717, 1.165) is 4.90 Å². The number of nitrogens with zero attached hydrogens (tertiary/aromatic N) is 3. The van der Waals surface area contributed by atoms with Gasteiger partial charge in [-0.05, 0) is 48.0 Å². The highest BCUT2D eigenvalue weighted by atomic mass is 35.5. The molecule has 11 heteroatoms. The van der Waals surface area contributed by atoms with E-state index in [2.05, 4.69) is 0 Å². The lowest BCUT2D eigenvalue weighted by Crippen LogP contribution is -2.37. The number of rotatable bonds is 6. The molecular formula is C30H20ClN3O7. The number of ether oxygens (including phenoxy) is 1. The van der Waals surface area contributed by atoms with Crippen LogP contribution in [-0.2, 0) is 14.4 Å². The van der Waals surface area contributed by atoms with Gasteiger partial charge in [-0.1, -0.05) is 60.1 Å². The summed E-state index contributed by atoms with van der Waals surface area (Å²) in [5.74, 6) is -2.37. The van der Waals surface area contributed by atoms with Gasteiger partial charge in [0.15, 0.2) is 6.10 Å². The number of nitro benzene ring substituents is 1. The van der Waals surface area contributed by atoms with Crippen molar-refractivity contribution in [2.24, 2.45) is 5.92 Å². The summed E-state index contributed by atoms with van der Waals surface area (Å²) in [4.78, 5) is 57.8. The molecule has 0 unspecified atom stereocenters. The lowest BCUT2D eigenvalue weighted by atomic mass is 9.90. The Morgan fingerprint density at radius 2 is 1.59 bits per heavy atom. The smallest absolute Gasteiger partial charge is 0.343 e. The van der Waals surface area contributed by atoms with Crippen molar-refractivity contribution in [3.05, 3.63) is 129 Å². The number of nitro groups is 1. The monoisotopic (exact) mass is 569 g/mol. The summed E-state index contributed by atoms with van der Waals surface area (Å²) >= 11 is 6.32. The summed E-state index contributed by atoms with van der Waals surface area (Å²) in [6.07, 6.45) is -1.20. The first kappa shape index (κ1) is 26.2. The summed E-state index contributed by atoms with van der Waals surface area (Å²) in [6.45, 7) is 0. The first-order valence-corrected chi connectivity index (χ1v) is 12.9. The Morgan fingerprint density at radius 1 is 0.878 bits per heavy atom. The molecule has 204 valence electrons. The van der Waals surface area contributed by atoms with Crippen LogP contribution in [-0.4, -0.2) is 28.8 Å². The number of hydrogen-bond donors (Lipinski definition) is 0. The van der Waals surface area contributed by atoms with Gasteiger partial charge in [-0.3, -0.25) is 24.5 Å². The molecule has 0 spiro atoms. The van der Waals surface area contributed by atoms with Crippen LogP contribution in [0.5, 0.6) is 5.75 Å². The zero-order chi connectivity index (χ0) is 28.7. The van der Waals surface area contributed by atoms with Crippen molar-refractivity contribution in [3.8, 4) is 5.75 Å². The van der Waals surface area contributed by atoms with Crippen LogP contribution in [0.2, 0.25) is 5.02 Å². The summed E-state index contributed by atoms with van der Waals surface area (Å²) in [5.41, 5.74) is 1.30. The number of hydroxylamine groups is 1. The maximum atomic E-state index is 13.8. The number of esters is 1. The molecular weight excluding hydrogens is 550 g/mol. The molecule has 6 rings (SSSR count). The molecule has 2 aliphatic rings. The molecule has 0 saturated carbocycles. The average molecular weight is 570 g/mol. The van der Waals surface area contributed by atoms with Gasteiger partial charge < -0.3 is 4.74 Å². The molecule has 3 atom stereocenters. The number of benzene rings is 4. The van der Waals surface area contributed by atoms with Gasteiger partial charge >= 0.3 is 5.97 Å². The van der Waals surface area contributed by atoms with E-state index in [0.29, 0.717) is 16.8 Å². The fourth-order valence-electron chi connectivity index (χ4n) is 5.06. The van der Waals surface area contributed by atoms with Crippen molar-refractivity contribution in [2.75, 3.05) is 9.96 Å². The number of carbonyl (C=O) groups excluding carboxylic acids is 3. The van der Waals surface area contributed by atoms with Gasteiger partial charge in [0.2, 0.25) is 5.91 Å². The van der Waals surface area contributed by atoms with Gasteiger partial charge in [0, 0.05) is 12.1 Å². The second-order valence-corrected chi connectivity index (χ2v) is 9.79. The number of non-ortho nitro benzene ring substituents is 1. The van der Waals surface area contributed by atoms with E-state index in [1.54, 1.807) is 84.9 Å². The van der Waals surface area contributed by atoms with Gasteiger partial charge in [-0.15, -0.1) is 0 Å². The first-order chi connectivity index (χ1) is 19.8. The number of para-hydroxylation sites is 1. The molecule has 2 aliphatic heterocycles. The minimum atomic E-state index is -1.20. The minimum absolute atomic E-state index is 0.180. The van der Waals surface area contributed by atoms with Gasteiger partial charge in [0.1, 0.15) is 11.7 Å². The van der Waals surface area contributed by atoms with E-state index in [1.165, 1.54) is 23.3 Å². The molecule has 10 nitrogen and oxygen atoms in total. The fourth-order valence-corrected chi connectivity index (χ4v) is 5.28. The second kappa shape index (κ2) is 10.5. The van der Waals surface area contributed by atoms with Crippen molar-refractivity contribution >= 4 is 46.4 Å². The summed E-state index contributed by atoms with van der Waals surface area (Å²) in [5, 5.41) is 13.0. The number of amides is 2. The molecule has 0 bridgehead atoms. The lowest BCUT2D eigenvalue weighted by Gasteiger charge is -2.29. The van der Waals surface area contributed by atoms with Gasteiger partial charge in [0.05, 0.1) is 32.9 Å². The molecule has 2 heterocycles. The van der Waals surface area contributed by atoms with E-state index in [-0.39, 0.29) is 22.1 Å². The molecule has 2 amide bonds.